The molecule has 0 aliphatic heterocycles. The molecule has 1 fully saturated rings. The van der Waals surface area contributed by atoms with Crippen LogP contribution in [0, 0.1) is 0 Å². The first-order valence-corrected chi connectivity index (χ1v) is 7.01. The maximum atomic E-state index is 14.5. The second-order valence-electron chi connectivity index (χ2n) is 5.96. The van der Waals surface area contributed by atoms with Crippen molar-refractivity contribution in [2.45, 2.75) is 46.8 Å². The van der Waals surface area contributed by atoms with Crippen molar-refractivity contribution >= 4 is 5.97 Å². The molecule has 1 rings (SSSR count). The van der Waals surface area contributed by atoms with E-state index >= 15 is 0 Å². The lowest BCUT2D eigenvalue weighted by Gasteiger charge is -2.54. The Morgan fingerprint density at radius 1 is 0.633 bits per heavy atom. The predicted octanol–water partition coefficient (Wildman–Crippen LogP) is 4.93. The van der Waals surface area contributed by atoms with Gasteiger partial charge < -0.3 is 4.74 Å². The van der Waals surface area contributed by atoms with E-state index in [9.17, 15) is 70.7 Å². The van der Waals surface area contributed by atoms with Gasteiger partial charge in [-0.2, -0.15) is 48.3 Å². The van der Waals surface area contributed by atoms with E-state index in [0.717, 1.165) is 0 Å². The van der Waals surface area contributed by atoms with Gasteiger partial charge in [-0.15, -0.1) is 0 Å². The fourth-order valence-electron chi connectivity index (χ4n) is 2.45. The summed E-state index contributed by atoms with van der Waals surface area (Å²) in [6.45, 7) is -6.17. The van der Waals surface area contributed by atoms with Crippen LogP contribution < -0.4 is 0 Å². The Hall–Kier alpha value is -1.84. The highest BCUT2D eigenvalue weighted by Gasteiger charge is 3.01. The molecule has 3 atom stereocenters. The van der Waals surface area contributed by atoms with E-state index in [1.54, 1.807) is 0 Å². The van der Waals surface area contributed by atoms with Crippen LogP contribution >= 0.6 is 0 Å². The Kier molecular flexibility index (Phi) is 5.74. The molecule has 0 aromatic heterocycles. The summed E-state index contributed by atoms with van der Waals surface area (Å²) in [6, 6.07) is 0. The number of carbonyl (C=O) groups is 1. The molecule has 1 aliphatic carbocycles. The van der Waals surface area contributed by atoms with Crippen LogP contribution in [0.2, 0.25) is 0 Å². The molecule has 1 aliphatic rings. The van der Waals surface area contributed by atoms with Crippen LogP contribution in [0.15, 0.2) is 12.7 Å². The molecule has 176 valence electrons. The normalized spacial score (nSPS) is 38.8. The lowest BCUT2D eigenvalue weighted by atomic mass is 9.69. The van der Waals surface area contributed by atoms with Gasteiger partial charge in [0, 0.05) is 6.08 Å². The molecule has 0 radical (unpaired) electrons. The SMILES string of the molecule is C=CC(=O)OC1(F)C(F)(F)C(F)(F)C(F)(F)C(F)(CF)C(F)(F)C(F)(CF)C1(F)F. The number of rotatable bonds is 4. The molecule has 0 heterocycles. The quantitative estimate of drug-likeness (QED) is 0.324. The zero-order valence-corrected chi connectivity index (χ0v) is 13.7. The monoisotopic (exact) mass is 480 g/mol. The van der Waals surface area contributed by atoms with Crippen LogP contribution in [0.4, 0.5) is 65.9 Å². The van der Waals surface area contributed by atoms with Crippen LogP contribution in [-0.4, -0.2) is 66.1 Å². The van der Waals surface area contributed by atoms with Gasteiger partial charge in [0.25, 0.3) is 11.3 Å². The maximum absolute atomic E-state index is 14.5. The summed E-state index contributed by atoms with van der Waals surface area (Å²) >= 11 is 0. The molecular formula is C13H7F15O2. The number of hydrogen-bond acceptors (Lipinski definition) is 2. The van der Waals surface area contributed by atoms with Crippen molar-refractivity contribution in [1.29, 1.82) is 0 Å². The minimum atomic E-state index is -8.04. The van der Waals surface area contributed by atoms with Gasteiger partial charge in [-0.3, -0.25) is 0 Å². The highest BCUT2D eigenvalue weighted by molar-refractivity contribution is 5.81. The Morgan fingerprint density at radius 3 is 1.33 bits per heavy atom. The van der Waals surface area contributed by atoms with Crippen LogP contribution in [0.25, 0.3) is 0 Å². The van der Waals surface area contributed by atoms with Crippen molar-refractivity contribution in [3.05, 3.63) is 12.7 Å². The first-order valence-electron chi connectivity index (χ1n) is 7.01. The van der Waals surface area contributed by atoms with E-state index < -0.39 is 72.2 Å². The number of alkyl halides is 15. The van der Waals surface area contributed by atoms with Crippen LogP contribution in [0.3, 0.4) is 0 Å². The van der Waals surface area contributed by atoms with Gasteiger partial charge in [-0.25, -0.2) is 22.4 Å². The lowest BCUT2D eigenvalue weighted by molar-refractivity contribution is -0.487. The molecule has 0 aromatic carbocycles. The van der Waals surface area contributed by atoms with Gasteiger partial charge in [-0.1, -0.05) is 6.58 Å². The summed E-state index contributed by atoms with van der Waals surface area (Å²) in [5, 5.41) is 0. The minimum absolute atomic E-state index is 0.558. The number of carbonyl (C=O) groups excluding carboxylic acids is 1. The molecule has 0 N–H and O–H groups in total. The number of ether oxygens (including phenoxy) is 1. The van der Waals surface area contributed by atoms with Gasteiger partial charge in [0.1, 0.15) is 13.3 Å². The average molecular weight is 480 g/mol. The van der Waals surface area contributed by atoms with Gasteiger partial charge in [0.2, 0.25) is 0 Å². The van der Waals surface area contributed by atoms with Crippen molar-refractivity contribution in [2.75, 3.05) is 13.3 Å². The van der Waals surface area contributed by atoms with E-state index in [1.165, 1.54) is 0 Å². The molecule has 2 nitrogen and oxygen atoms in total. The highest BCUT2D eigenvalue weighted by Crippen LogP contribution is 2.69. The zero-order chi connectivity index (χ0) is 24.4. The maximum Gasteiger partial charge on any atom is 0.391 e. The molecule has 0 aromatic rings. The number of esters is 1. The van der Waals surface area contributed by atoms with Crippen molar-refractivity contribution in [3.63, 3.8) is 0 Å². The summed E-state index contributed by atoms with van der Waals surface area (Å²) in [6.07, 6.45) is -0.558. The smallest absolute Gasteiger partial charge is 0.391 e. The van der Waals surface area contributed by atoms with Crippen molar-refractivity contribution in [2.24, 2.45) is 0 Å². The molecule has 0 bridgehead atoms. The summed E-state index contributed by atoms with van der Waals surface area (Å²) in [5.41, 5.74) is -14.5. The van der Waals surface area contributed by atoms with E-state index in [-0.39, 0.29) is 0 Å². The van der Waals surface area contributed by atoms with Crippen LogP contribution in [-0.2, 0) is 9.53 Å². The van der Waals surface area contributed by atoms with Gasteiger partial charge >= 0.3 is 41.4 Å². The van der Waals surface area contributed by atoms with E-state index in [4.69, 9.17) is 0 Å². The molecule has 30 heavy (non-hydrogen) atoms. The van der Waals surface area contributed by atoms with Crippen LogP contribution in [0.1, 0.15) is 0 Å². The number of hydrogen-bond donors (Lipinski definition) is 0. The van der Waals surface area contributed by atoms with E-state index in [0.29, 0.717) is 0 Å². The largest absolute Gasteiger partial charge is 0.413 e. The molecule has 1 saturated carbocycles. The van der Waals surface area contributed by atoms with Crippen molar-refractivity contribution < 1.29 is 75.4 Å². The fourth-order valence-corrected chi connectivity index (χ4v) is 2.45. The third-order valence-electron chi connectivity index (χ3n) is 4.36. The van der Waals surface area contributed by atoms with Gasteiger partial charge in [-0.05, 0) is 0 Å². The fraction of sp³-hybridized carbons (Fsp3) is 0.769. The van der Waals surface area contributed by atoms with Crippen molar-refractivity contribution in [3.8, 4) is 0 Å². The third kappa shape index (κ3) is 2.39. The second-order valence-corrected chi connectivity index (χ2v) is 5.96. The first kappa shape index (κ1) is 26.2. The van der Waals surface area contributed by atoms with E-state index in [2.05, 4.69) is 11.3 Å². The second kappa shape index (κ2) is 6.58. The topological polar surface area (TPSA) is 26.3 Å². The average Bonchev–Trinajstić information content (AvgIpc) is 2.63. The standard InChI is InChI=1S/C13H7F15O2/c1-2-5(29)30-13(28)10(22,23)7(17,4-15)8(18,19)6(16,3-14)9(20,21)11(24,25)12(13,26)27/h2H,1,3-4H2. The Morgan fingerprint density at radius 2 is 1.00 bits per heavy atom. The highest BCUT2D eigenvalue weighted by atomic mass is 19.4. The zero-order valence-electron chi connectivity index (χ0n) is 13.7. The first-order chi connectivity index (χ1) is 13.1. The third-order valence-corrected chi connectivity index (χ3v) is 4.36. The van der Waals surface area contributed by atoms with Gasteiger partial charge in [0.15, 0.2) is 0 Å². The summed E-state index contributed by atoms with van der Waals surface area (Å²) in [4.78, 5) is 10.9. The molecule has 17 heteroatoms. The molecule has 3 unspecified atom stereocenters. The number of halogens is 15. The molecule has 0 saturated heterocycles. The lowest BCUT2D eigenvalue weighted by Crippen LogP contribution is -2.86. The minimum Gasteiger partial charge on any atom is -0.413 e. The van der Waals surface area contributed by atoms with Crippen molar-refractivity contribution in [1.82, 2.24) is 0 Å². The predicted molar refractivity (Wildman–Crippen MR) is 64.5 cm³/mol. The summed E-state index contributed by atoms with van der Waals surface area (Å²) in [7, 11) is 0. The van der Waals surface area contributed by atoms with Crippen LogP contribution in [0.5, 0.6) is 0 Å². The Labute approximate surface area is 155 Å². The molecule has 0 spiro atoms. The Bertz CT molecular complexity index is 721. The van der Waals surface area contributed by atoms with E-state index in [1.807, 2.05) is 0 Å². The van der Waals surface area contributed by atoms with Gasteiger partial charge in [0.05, 0.1) is 0 Å². The summed E-state index contributed by atoms with van der Waals surface area (Å²) in [5.74, 6) is -49.7. The Balaban J connectivity index is 4.31. The molecule has 0 amide bonds. The molecular weight excluding hydrogens is 473 g/mol. The summed E-state index contributed by atoms with van der Waals surface area (Å²) < 4.78 is 210.